The highest BCUT2D eigenvalue weighted by Gasteiger charge is 2.34. The van der Waals surface area contributed by atoms with E-state index < -0.39 is 17.8 Å². The fourth-order valence-electron chi connectivity index (χ4n) is 3.71. The van der Waals surface area contributed by atoms with E-state index in [1.54, 1.807) is 0 Å². The van der Waals surface area contributed by atoms with E-state index in [9.17, 15) is 18.0 Å². The van der Waals surface area contributed by atoms with E-state index in [0.29, 0.717) is 39.1 Å². The Labute approximate surface area is 161 Å². The lowest BCUT2D eigenvalue weighted by Gasteiger charge is -2.35. The summed E-state index contributed by atoms with van der Waals surface area (Å²) in [6.45, 7) is 3.13. The van der Waals surface area contributed by atoms with E-state index in [0.717, 1.165) is 29.0 Å². The molecule has 0 spiro atoms. The second-order valence-corrected chi connectivity index (χ2v) is 7.21. The van der Waals surface area contributed by atoms with Crippen LogP contribution >= 0.6 is 0 Å². The molecule has 4 rings (SSSR count). The molecule has 0 bridgehead atoms. The van der Waals surface area contributed by atoms with Gasteiger partial charge in [-0.05, 0) is 29.3 Å². The third-order valence-electron chi connectivity index (χ3n) is 5.29. The molecule has 2 aliphatic heterocycles. The zero-order valence-electron chi connectivity index (χ0n) is 15.3. The second-order valence-electron chi connectivity index (χ2n) is 7.21. The number of hydrogen-bond donors (Lipinski definition) is 0. The van der Waals surface area contributed by atoms with Crippen LogP contribution in [0.15, 0.2) is 48.5 Å². The maximum Gasteiger partial charge on any atom is 0.416 e. The summed E-state index contributed by atoms with van der Waals surface area (Å²) in [6, 6.07) is 13.0. The number of piperazine rings is 1. The van der Waals surface area contributed by atoms with Crippen molar-refractivity contribution in [1.82, 2.24) is 9.80 Å². The van der Waals surface area contributed by atoms with Gasteiger partial charge in [0, 0.05) is 39.1 Å². The quantitative estimate of drug-likeness (QED) is 0.806. The van der Waals surface area contributed by atoms with Gasteiger partial charge in [-0.25, -0.2) is 0 Å². The first-order valence-electron chi connectivity index (χ1n) is 9.32. The zero-order chi connectivity index (χ0) is 19.7. The van der Waals surface area contributed by atoms with Crippen molar-refractivity contribution in [2.24, 2.45) is 0 Å². The van der Waals surface area contributed by atoms with Crippen molar-refractivity contribution < 1.29 is 22.7 Å². The van der Waals surface area contributed by atoms with Gasteiger partial charge in [0.05, 0.1) is 5.56 Å². The van der Waals surface area contributed by atoms with Crippen molar-refractivity contribution in [3.63, 3.8) is 0 Å². The van der Waals surface area contributed by atoms with Crippen LogP contribution in [-0.4, -0.2) is 48.0 Å². The Bertz CT molecular complexity index is 818. The highest BCUT2D eigenvalue weighted by molar-refractivity contribution is 5.82. The SMILES string of the molecule is O=C([C@H]1Cc2ccccc2O1)N1CCN(Cc2ccc(C(F)(F)F)cc2)CC1. The Morgan fingerprint density at radius 3 is 2.32 bits per heavy atom. The zero-order valence-corrected chi connectivity index (χ0v) is 15.3. The Balaban J connectivity index is 1.28. The number of halogens is 3. The summed E-state index contributed by atoms with van der Waals surface area (Å²) in [7, 11) is 0. The molecule has 0 aliphatic carbocycles. The van der Waals surface area contributed by atoms with Crippen molar-refractivity contribution in [3.05, 3.63) is 65.2 Å². The fourth-order valence-corrected chi connectivity index (χ4v) is 3.71. The van der Waals surface area contributed by atoms with Gasteiger partial charge in [-0.2, -0.15) is 13.2 Å². The molecule has 2 aliphatic rings. The molecule has 0 aromatic heterocycles. The minimum atomic E-state index is -4.31. The summed E-state index contributed by atoms with van der Waals surface area (Å²) in [5.74, 6) is 0.784. The maximum absolute atomic E-state index is 12.7. The molecule has 28 heavy (non-hydrogen) atoms. The lowest BCUT2D eigenvalue weighted by Crippen LogP contribution is -2.51. The lowest BCUT2D eigenvalue weighted by molar-refractivity contribution is -0.139. The minimum absolute atomic E-state index is 0.00498. The predicted octanol–water partition coefficient (Wildman–Crippen LogP) is 3.35. The molecule has 1 fully saturated rings. The fraction of sp³-hybridized carbons (Fsp3) is 0.381. The molecule has 2 aromatic carbocycles. The van der Waals surface area contributed by atoms with E-state index >= 15 is 0 Å². The number of amides is 1. The molecule has 2 heterocycles. The standard InChI is InChI=1S/C21H21F3N2O2/c22-21(23,24)17-7-5-15(6-8-17)14-25-9-11-26(12-10-25)20(27)19-13-16-3-1-2-4-18(16)28-19/h1-8,19H,9-14H2/t19-/m1/s1. The number of benzene rings is 2. The van der Waals surface area contributed by atoms with Crippen molar-refractivity contribution in [1.29, 1.82) is 0 Å². The highest BCUT2D eigenvalue weighted by Crippen LogP contribution is 2.30. The number of hydrogen-bond acceptors (Lipinski definition) is 3. The summed E-state index contributed by atoms with van der Waals surface area (Å²) in [6.07, 6.45) is -4.17. The van der Waals surface area contributed by atoms with Gasteiger partial charge in [0.25, 0.3) is 5.91 Å². The molecule has 4 nitrogen and oxygen atoms in total. The second kappa shape index (κ2) is 7.47. The van der Waals surface area contributed by atoms with Crippen molar-refractivity contribution in [2.45, 2.75) is 25.2 Å². The van der Waals surface area contributed by atoms with Crippen LogP contribution in [0.2, 0.25) is 0 Å². The van der Waals surface area contributed by atoms with Crippen LogP contribution in [0.25, 0.3) is 0 Å². The van der Waals surface area contributed by atoms with Crippen molar-refractivity contribution in [2.75, 3.05) is 26.2 Å². The molecule has 2 aromatic rings. The third kappa shape index (κ3) is 3.99. The summed E-state index contributed by atoms with van der Waals surface area (Å²) in [4.78, 5) is 16.7. The van der Waals surface area contributed by atoms with Crippen LogP contribution in [0, 0.1) is 0 Å². The summed E-state index contributed by atoms with van der Waals surface area (Å²) in [5.41, 5.74) is 1.26. The normalized spacial score (nSPS) is 20.0. The summed E-state index contributed by atoms with van der Waals surface area (Å²) >= 11 is 0. The average Bonchev–Trinajstić information content (AvgIpc) is 3.12. The molecule has 0 radical (unpaired) electrons. The van der Waals surface area contributed by atoms with Crippen LogP contribution < -0.4 is 4.74 Å². The molecule has 1 amide bonds. The van der Waals surface area contributed by atoms with Crippen LogP contribution in [0.4, 0.5) is 13.2 Å². The van der Waals surface area contributed by atoms with E-state index in [4.69, 9.17) is 4.74 Å². The predicted molar refractivity (Wildman–Crippen MR) is 97.9 cm³/mol. The van der Waals surface area contributed by atoms with Crippen LogP contribution in [0.1, 0.15) is 16.7 Å². The number of carbonyl (C=O) groups excluding carboxylic acids is 1. The van der Waals surface area contributed by atoms with Gasteiger partial charge >= 0.3 is 6.18 Å². The number of rotatable bonds is 3. The smallest absolute Gasteiger partial charge is 0.416 e. The summed E-state index contributed by atoms with van der Waals surface area (Å²) in [5, 5.41) is 0. The number of nitrogens with zero attached hydrogens (tertiary/aromatic N) is 2. The van der Waals surface area contributed by atoms with Gasteiger partial charge in [-0.1, -0.05) is 30.3 Å². The number of para-hydroxylation sites is 1. The topological polar surface area (TPSA) is 32.8 Å². The van der Waals surface area contributed by atoms with E-state index in [-0.39, 0.29) is 5.91 Å². The van der Waals surface area contributed by atoms with E-state index in [2.05, 4.69) is 4.90 Å². The minimum Gasteiger partial charge on any atom is -0.480 e. The first-order chi connectivity index (χ1) is 13.4. The van der Waals surface area contributed by atoms with Crippen molar-refractivity contribution in [3.8, 4) is 5.75 Å². The molecule has 1 atom stereocenters. The maximum atomic E-state index is 12.7. The molecule has 0 saturated carbocycles. The van der Waals surface area contributed by atoms with Crippen molar-refractivity contribution >= 4 is 5.91 Å². The first-order valence-corrected chi connectivity index (χ1v) is 9.32. The van der Waals surface area contributed by atoms with Gasteiger partial charge in [0.1, 0.15) is 5.75 Å². The van der Waals surface area contributed by atoms with Crippen LogP contribution in [-0.2, 0) is 23.9 Å². The Hall–Kier alpha value is -2.54. The van der Waals surface area contributed by atoms with E-state index in [1.807, 2.05) is 29.2 Å². The van der Waals surface area contributed by atoms with Gasteiger partial charge in [-0.3, -0.25) is 9.69 Å². The summed E-state index contributed by atoms with van der Waals surface area (Å²) < 4.78 is 43.7. The molecule has 0 N–H and O–H groups in total. The first kappa shape index (κ1) is 18.8. The average molecular weight is 390 g/mol. The van der Waals surface area contributed by atoms with Crippen LogP contribution in [0.5, 0.6) is 5.75 Å². The molecule has 0 unspecified atom stereocenters. The monoisotopic (exact) mass is 390 g/mol. The van der Waals surface area contributed by atoms with Gasteiger partial charge < -0.3 is 9.64 Å². The number of carbonyl (C=O) groups is 1. The largest absolute Gasteiger partial charge is 0.480 e. The van der Waals surface area contributed by atoms with Gasteiger partial charge in [0.15, 0.2) is 6.10 Å². The Morgan fingerprint density at radius 1 is 1.00 bits per heavy atom. The number of alkyl halides is 3. The number of ether oxygens (including phenoxy) is 1. The lowest BCUT2D eigenvalue weighted by atomic mass is 10.1. The van der Waals surface area contributed by atoms with Gasteiger partial charge in [-0.15, -0.1) is 0 Å². The van der Waals surface area contributed by atoms with Crippen LogP contribution in [0.3, 0.4) is 0 Å². The van der Waals surface area contributed by atoms with Gasteiger partial charge in [0.2, 0.25) is 0 Å². The Kier molecular flexibility index (Phi) is 5.02. The highest BCUT2D eigenvalue weighted by atomic mass is 19.4. The third-order valence-corrected chi connectivity index (χ3v) is 5.29. The number of fused-ring (bicyclic) bond motifs is 1. The molecular formula is C21H21F3N2O2. The molecular weight excluding hydrogens is 369 g/mol. The molecule has 7 heteroatoms. The molecule has 148 valence electrons. The Morgan fingerprint density at radius 2 is 1.68 bits per heavy atom. The molecule has 1 saturated heterocycles. The van der Waals surface area contributed by atoms with E-state index in [1.165, 1.54) is 12.1 Å².